The van der Waals surface area contributed by atoms with Gasteiger partial charge in [-0.25, -0.2) is 18.8 Å². The van der Waals surface area contributed by atoms with E-state index in [1.807, 2.05) is 6.92 Å². The monoisotopic (exact) mass is 426 g/mol. The molecule has 0 radical (unpaired) electrons. The van der Waals surface area contributed by atoms with E-state index in [1.54, 1.807) is 12.4 Å². The first kappa shape index (κ1) is 20.7. The van der Waals surface area contributed by atoms with E-state index in [9.17, 15) is 22.4 Å². The Morgan fingerprint density at radius 3 is 2.69 bits per heavy atom. The van der Waals surface area contributed by atoms with Crippen molar-refractivity contribution in [3.8, 4) is 11.5 Å². The number of thiazole rings is 1. The van der Waals surface area contributed by atoms with Gasteiger partial charge >= 0.3 is 6.18 Å². The van der Waals surface area contributed by atoms with Gasteiger partial charge in [0.25, 0.3) is 5.56 Å². The summed E-state index contributed by atoms with van der Waals surface area (Å²) in [5, 5.41) is 0. The first-order valence-electron chi connectivity index (χ1n) is 8.12. The van der Waals surface area contributed by atoms with Crippen molar-refractivity contribution in [3.63, 3.8) is 0 Å². The van der Waals surface area contributed by atoms with Gasteiger partial charge in [0.1, 0.15) is 11.5 Å². The molecule has 4 aromatic rings. The first-order valence-corrected chi connectivity index (χ1v) is 8.94. The molecule has 3 aromatic heterocycles. The number of hydrogen-bond acceptors (Lipinski definition) is 4. The lowest BCUT2D eigenvalue weighted by Gasteiger charge is -2.11. The van der Waals surface area contributed by atoms with E-state index in [0.29, 0.717) is 22.5 Å². The maximum atomic E-state index is 14.3. The first-order chi connectivity index (χ1) is 13.3. The number of aryl methyl sites for hydroxylation is 1. The van der Waals surface area contributed by atoms with Crippen molar-refractivity contribution < 1.29 is 23.0 Å². The van der Waals surface area contributed by atoms with Gasteiger partial charge in [0.05, 0.1) is 11.3 Å². The molecule has 0 atom stereocenters. The van der Waals surface area contributed by atoms with E-state index in [2.05, 4.69) is 15.0 Å². The Balaban J connectivity index is 0.00000240. The van der Waals surface area contributed by atoms with Gasteiger partial charge in [0.2, 0.25) is 0 Å². The Bertz CT molecular complexity index is 1230. The fraction of sp³-hybridized carbons (Fsp3) is 0.167. The topological polar surface area (TPSA) is 94.6 Å². The van der Waals surface area contributed by atoms with E-state index < -0.39 is 23.1 Å². The molecule has 1 aromatic carbocycles. The number of imidazole rings is 1. The zero-order valence-corrected chi connectivity index (χ0v) is 15.7. The van der Waals surface area contributed by atoms with Crippen molar-refractivity contribution in [2.75, 3.05) is 0 Å². The standard InChI is InChI=1S/C18H12F4N4OS.H2O/c1-9-15(16-23-5-6-24-16)26-13(27)8-11(25-17(26)28-9)7-10-3-2-4-12(14(10)19)18(20,21)22;/h2-6,8H,7H2,1H3,(H,23,24);1H2. The minimum absolute atomic E-state index is 0. The summed E-state index contributed by atoms with van der Waals surface area (Å²) in [6, 6.07) is 4.27. The van der Waals surface area contributed by atoms with Crippen LogP contribution in [0.15, 0.2) is 41.5 Å². The molecule has 0 bridgehead atoms. The molecule has 0 aliphatic rings. The van der Waals surface area contributed by atoms with Crippen LogP contribution in [0.4, 0.5) is 17.6 Å². The molecule has 4 rings (SSSR count). The highest BCUT2D eigenvalue weighted by Gasteiger charge is 2.34. The molecule has 0 aliphatic heterocycles. The van der Waals surface area contributed by atoms with Crippen molar-refractivity contribution in [2.24, 2.45) is 0 Å². The molecular weight excluding hydrogens is 412 g/mol. The summed E-state index contributed by atoms with van der Waals surface area (Å²) in [4.78, 5) is 25.2. The minimum Gasteiger partial charge on any atom is -0.412 e. The van der Waals surface area contributed by atoms with Gasteiger partial charge in [-0.05, 0) is 18.6 Å². The lowest BCUT2D eigenvalue weighted by Crippen LogP contribution is -2.16. The maximum absolute atomic E-state index is 14.3. The number of halogens is 4. The number of fused-ring (bicyclic) bond motifs is 1. The average molecular weight is 426 g/mol. The van der Waals surface area contributed by atoms with Crippen molar-refractivity contribution in [1.82, 2.24) is 19.4 Å². The quantitative estimate of drug-likeness (QED) is 0.509. The molecule has 0 fully saturated rings. The largest absolute Gasteiger partial charge is 0.419 e. The molecule has 29 heavy (non-hydrogen) atoms. The molecular formula is C18H14F4N4O2S. The molecule has 0 saturated carbocycles. The fourth-order valence-corrected chi connectivity index (χ4v) is 4.01. The molecule has 11 heteroatoms. The smallest absolute Gasteiger partial charge is 0.412 e. The van der Waals surface area contributed by atoms with Gasteiger partial charge in [-0.2, -0.15) is 13.2 Å². The van der Waals surface area contributed by atoms with Crippen LogP contribution in [0, 0.1) is 12.7 Å². The summed E-state index contributed by atoms with van der Waals surface area (Å²) >= 11 is 1.25. The second-order valence-electron chi connectivity index (χ2n) is 6.10. The predicted molar refractivity (Wildman–Crippen MR) is 99.5 cm³/mol. The van der Waals surface area contributed by atoms with E-state index in [-0.39, 0.29) is 23.2 Å². The lowest BCUT2D eigenvalue weighted by molar-refractivity contribution is -0.140. The molecule has 6 nitrogen and oxygen atoms in total. The van der Waals surface area contributed by atoms with Gasteiger partial charge in [-0.1, -0.05) is 12.1 Å². The number of nitrogens with zero attached hydrogens (tertiary/aromatic N) is 3. The maximum Gasteiger partial charge on any atom is 0.419 e. The number of H-pyrrole nitrogens is 1. The zero-order valence-electron chi connectivity index (χ0n) is 14.8. The number of benzene rings is 1. The van der Waals surface area contributed by atoms with E-state index >= 15 is 0 Å². The van der Waals surface area contributed by atoms with E-state index in [0.717, 1.165) is 10.9 Å². The SMILES string of the molecule is Cc1sc2nc(Cc3cccc(C(F)(F)F)c3F)cc(=O)n2c1-c1ncc[nH]1.O. The van der Waals surface area contributed by atoms with Crippen LogP contribution in [-0.4, -0.2) is 24.8 Å². The van der Waals surface area contributed by atoms with E-state index in [4.69, 9.17) is 0 Å². The molecule has 0 saturated heterocycles. The van der Waals surface area contributed by atoms with Gasteiger partial charge < -0.3 is 10.5 Å². The Labute approximate surface area is 164 Å². The molecule has 3 heterocycles. The van der Waals surface area contributed by atoms with Crippen molar-refractivity contribution in [1.29, 1.82) is 0 Å². The normalized spacial score (nSPS) is 11.6. The number of alkyl halides is 3. The molecule has 0 spiro atoms. The van der Waals surface area contributed by atoms with Crippen LogP contribution >= 0.6 is 11.3 Å². The minimum atomic E-state index is -4.79. The Morgan fingerprint density at radius 1 is 1.28 bits per heavy atom. The molecule has 0 amide bonds. The Morgan fingerprint density at radius 2 is 2.03 bits per heavy atom. The summed E-state index contributed by atoms with van der Waals surface area (Å²) < 4.78 is 54.4. The Kier molecular flexibility index (Phi) is 5.28. The van der Waals surface area contributed by atoms with Crippen LogP contribution in [0.2, 0.25) is 0 Å². The number of nitrogens with one attached hydrogen (secondary N) is 1. The van der Waals surface area contributed by atoms with Crippen molar-refractivity contribution in [2.45, 2.75) is 19.5 Å². The van der Waals surface area contributed by atoms with Gasteiger partial charge in [0.15, 0.2) is 10.8 Å². The predicted octanol–water partition coefficient (Wildman–Crippen LogP) is 3.38. The van der Waals surface area contributed by atoms with E-state index in [1.165, 1.54) is 27.9 Å². The van der Waals surface area contributed by atoms with Crippen LogP contribution in [0.1, 0.15) is 21.7 Å². The number of aromatic nitrogens is 4. The van der Waals surface area contributed by atoms with Crippen molar-refractivity contribution >= 4 is 16.3 Å². The summed E-state index contributed by atoms with van der Waals surface area (Å²) in [7, 11) is 0. The average Bonchev–Trinajstić information content (AvgIpc) is 3.22. The molecule has 3 N–H and O–H groups in total. The number of hydrogen-bond donors (Lipinski definition) is 1. The highest BCUT2D eigenvalue weighted by atomic mass is 32.1. The van der Waals surface area contributed by atoms with Crippen LogP contribution in [0.5, 0.6) is 0 Å². The summed E-state index contributed by atoms with van der Waals surface area (Å²) in [5.74, 6) is -0.847. The number of aromatic amines is 1. The van der Waals surface area contributed by atoms with Crippen LogP contribution in [-0.2, 0) is 12.6 Å². The third kappa shape index (κ3) is 3.66. The molecule has 0 aliphatic carbocycles. The highest BCUT2D eigenvalue weighted by Crippen LogP contribution is 2.33. The number of rotatable bonds is 3. The van der Waals surface area contributed by atoms with Crippen LogP contribution in [0.25, 0.3) is 16.5 Å². The summed E-state index contributed by atoms with van der Waals surface area (Å²) in [6.07, 6.45) is -1.84. The highest BCUT2D eigenvalue weighted by molar-refractivity contribution is 7.17. The molecule has 152 valence electrons. The third-order valence-corrected chi connectivity index (χ3v) is 5.18. The summed E-state index contributed by atoms with van der Waals surface area (Å²) in [6.45, 7) is 1.81. The zero-order chi connectivity index (χ0) is 20.1. The van der Waals surface area contributed by atoms with Crippen LogP contribution < -0.4 is 5.56 Å². The second kappa shape index (κ2) is 7.41. The van der Waals surface area contributed by atoms with Gasteiger partial charge in [0, 0.05) is 29.8 Å². The molecule has 0 unspecified atom stereocenters. The lowest BCUT2D eigenvalue weighted by atomic mass is 10.0. The second-order valence-corrected chi connectivity index (χ2v) is 7.28. The summed E-state index contributed by atoms with van der Waals surface area (Å²) in [5.41, 5.74) is -1.17. The van der Waals surface area contributed by atoms with Gasteiger partial charge in [-0.3, -0.25) is 4.79 Å². The fourth-order valence-electron chi connectivity index (χ4n) is 3.01. The third-order valence-electron chi connectivity index (χ3n) is 4.22. The van der Waals surface area contributed by atoms with Crippen LogP contribution in [0.3, 0.4) is 0 Å². The van der Waals surface area contributed by atoms with Crippen molar-refractivity contribution in [3.05, 3.63) is 74.5 Å². The van der Waals surface area contributed by atoms with Gasteiger partial charge in [-0.15, -0.1) is 11.3 Å². The Hall–Kier alpha value is -3.05.